The van der Waals surface area contributed by atoms with Gasteiger partial charge >= 0.3 is 11.9 Å². The first-order valence-electron chi connectivity index (χ1n) is 9.71. The summed E-state index contributed by atoms with van der Waals surface area (Å²) in [6, 6.07) is 12.4. The zero-order chi connectivity index (χ0) is 23.3. The van der Waals surface area contributed by atoms with Crippen LogP contribution in [0.2, 0.25) is 0 Å². The van der Waals surface area contributed by atoms with Gasteiger partial charge in [-0.3, -0.25) is 0 Å². The van der Waals surface area contributed by atoms with E-state index in [9.17, 15) is 24.9 Å². The van der Waals surface area contributed by atoms with Crippen LogP contribution in [0, 0.1) is 0 Å². The number of esters is 2. The van der Waals surface area contributed by atoms with Crippen LogP contribution < -0.4 is 9.47 Å². The zero-order valence-electron chi connectivity index (χ0n) is 17.4. The van der Waals surface area contributed by atoms with Crippen molar-refractivity contribution >= 4 is 11.9 Å². The van der Waals surface area contributed by atoms with Gasteiger partial charge in [0.25, 0.3) is 0 Å². The van der Waals surface area contributed by atoms with Gasteiger partial charge < -0.3 is 39.0 Å². The van der Waals surface area contributed by atoms with Gasteiger partial charge in [-0.25, -0.2) is 9.59 Å². The van der Waals surface area contributed by atoms with Crippen LogP contribution >= 0.6 is 0 Å². The van der Waals surface area contributed by atoms with Crippen LogP contribution in [-0.4, -0.2) is 78.8 Å². The van der Waals surface area contributed by atoms with Gasteiger partial charge in [0.05, 0.1) is 24.8 Å². The van der Waals surface area contributed by atoms with Crippen molar-refractivity contribution in [3.63, 3.8) is 0 Å². The minimum Gasteiger partial charge on any atom is -0.493 e. The van der Waals surface area contributed by atoms with Gasteiger partial charge in [-0.05, 0) is 30.3 Å². The second kappa shape index (κ2) is 10.5. The molecular formula is C22H24O10. The second-order valence-corrected chi connectivity index (χ2v) is 6.93. The lowest BCUT2D eigenvalue weighted by Crippen LogP contribution is -2.60. The average molecular weight is 448 g/mol. The molecule has 2 aromatic rings. The maximum absolute atomic E-state index is 12.7. The Morgan fingerprint density at radius 3 is 2.28 bits per heavy atom. The lowest BCUT2D eigenvalue weighted by atomic mass is 9.99. The molecule has 0 aliphatic carbocycles. The summed E-state index contributed by atoms with van der Waals surface area (Å²) in [5, 5.41) is 29.6. The standard InChI is InChI=1S/C22H24O10/c1-28-15-10-13(8-9-14(15)30-20(26)12-6-4-3-5-7-12)21(27)32-19-18(25)17(24)16(11-23)31-22(19)29-2/h3-10,16-19,22-25H,11H2,1-2H3/t16-,17-,18+,19-,22+/m1/s1. The number of methoxy groups -OCH3 is 2. The number of rotatable bonds is 7. The SMILES string of the molecule is COc1cc(C(=O)O[C@H]2[C@@H](OC)O[C@H](CO)[C@@H](O)[C@@H]2O)ccc1OC(=O)c1ccccc1. The Bertz CT molecular complexity index is 930. The van der Waals surface area contributed by atoms with Crippen molar-refractivity contribution in [2.45, 2.75) is 30.7 Å². The number of carbonyl (C=O) groups is 2. The highest BCUT2D eigenvalue weighted by molar-refractivity contribution is 5.92. The molecule has 172 valence electrons. The van der Waals surface area contributed by atoms with Crippen LogP contribution in [0.1, 0.15) is 20.7 Å². The molecule has 32 heavy (non-hydrogen) atoms. The molecule has 10 heteroatoms. The van der Waals surface area contributed by atoms with Crippen LogP contribution in [0.15, 0.2) is 48.5 Å². The monoisotopic (exact) mass is 448 g/mol. The van der Waals surface area contributed by atoms with Gasteiger partial charge in [0.15, 0.2) is 23.9 Å². The molecule has 10 nitrogen and oxygen atoms in total. The molecular weight excluding hydrogens is 424 g/mol. The van der Waals surface area contributed by atoms with Crippen molar-refractivity contribution in [1.82, 2.24) is 0 Å². The summed E-state index contributed by atoms with van der Waals surface area (Å²) in [5.74, 6) is -1.27. The number of hydrogen-bond donors (Lipinski definition) is 3. The van der Waals surface area contributed by atoms with Crippen molar-refractivity contribution in [1.29, 1.82) is 0 Å². The average Bonchev–Trinajstić information content (AvgIpc) is 2.82. The molecule has 0 unspecified atom stereocenters. The van der Waals surface area contributed by atoms with E-state index >= 15 is 0 Å². The Balaban J connectivity index is 1.75. The highest BCUT2D eigenvalue weighted by atomic mass is 16.7. The van der Waals surface area contributed by atoms with Crippen LogP contribution in [0.4, 0.5) is 0 Å². The fraction of sp³-hybridized carbons (Fsp3) is 0.364. The van der Waals surface area contributed by atoms with E-state index < -0.39 is 49.3 Å². The molecule has 0 spiro atoms. The molecule has 0 bridgehead atoms. The quantitative estimate of drug-likeness (QED) is 0.406. The Kier molecular flexibility index (Phi) is 7.78. The Labute approximate surface area is 183 Å². The van der Waals surface area contributed by atoms with Crippen molar-refractivity contribution < 1.29 is 48.6 Å². The van der Waals surface area contributed by atoms with Gasteiger partial charge in [0.1, 0.15) is 18.3 Å². The van der Waals surface area contributed by atoms with Crippen LogP contribution in [-0.2, 0) is 14.2 Å². The van der Waals surface area contributed by atoms with Gasteiger partial charge in [0, 0.05) is 7.11 Å². The zero-order valence-corrected chi connectivity index (χ0v) is 17.4. The van der Waals surface area contributed by atoms with Crippen molar-refractivity contribution in [2.24, 2.45) is 0 Å². The normalized spacial score (nSPS) is 25.1. The van der Waals surface area contributed by atoms with E-state index in [2.05, 4.69) is 0 Å². The largest absolute Gasteiger partial charge is 0.493 e. The molecule has 2 aromatic carbocycles. The minimum absolute atomic E-state index is 0.0298. The predicted molar refractivity (Wildman–Crippen MR) is 108 cm³/mol. The van der Waals surface area contributed by atoms with Crippen LogP contribution in [0.25, 0.3) is 0 Å². The van der Waals surface area contributed by atoms with E-state index in [-0.39, 0.29) is 17.1 Å². The minimum atomic E-state index is -1.55. The molecule has 1 fully saturated rings. The number of aliphatic hydroxyl groups is 3. The summed E-state index contributed by atoms with van der Waals surface area (Å²) in [5.41, 5.74) is 0.372. The lowest BCUT2D eigenvalue weighted by Gasteiger charge is -2.40. The first kappa shape index (κ1) is 23.6. The van der Waals surface area contributed by atoms with E-state index in [1.807, 2.05) is 0 Å². The van der Waals surface area contributed by atoms with E-state index in [0.717, 1.165) is 0 Å². The van der Waals surface area contributed by atoms with E-state index in [0.29, 0.717) is 5.56 Å². The Morgan fingerprint density at radius 1 is 0.938 bits per heavy atom. The molecule has 0 radical (unpaired) electrons. The summed E-state index contributed by atoms with van der Waals surface area (Å²) in [4.78, 5) is 24.9. The number of ether oxygens (including phenoxy) is 5. The summed E-state index contributed by atoms with van der Waals surface area (Å²) < 4.78 is 26.3. The maximum atomic E-state index is 12.7. The first-order chi connectivity index (χ1) is 15.4. The lowest BCUT2D eigenvalue weighted by molar-refractivity contribution is -0.293. The third-order valence-electron chi connectivity index (χ3n) is 4.91. The van der Waals surface area contributed by atoms with Crippen molar-refractivity contribution in [3.8, 4) is 11.5 Å². The van der Waals surface area contributed by atoms with Crippen molar-refractivity contribution in [3.05, 3.63) is 59.7 Å². The van der Waals surface area contributed by atoms with Gasteiger partial charge in [0.2, 0.25) is 0 Å². The third-order valence-corrected chi connectivity index (χ3v) is 4.91. The molecule has 3 rings (SSSR count). The molecule has 3 N–H and O–H groups in total. The third kappa shape index (κ3) is 5.06. The second-order valence-electron chi connectivity index (χ2n) is 6.93. The Morgan fingerprint density at radius 2 is 1.66 bits per heavy atom. The molecule has 0 amide bonds. The number of aliphatic hydroxyl groups excluding tert-OH is 3. The number of hydrogen-bond acceptors (Lipinski definition) is 10. The maximum Gasteiger partial charge on any atom is 0.343 e. The highest BCUT2D eigenvalue weighted by Crippen LogP contribution is 2.30. The van der Waals surface area contributed by atoms with Crippen molar-refractivity contribution in [2.75, 3.05) is 20.8 Å². The number of carbonyl (C=O) groups excluding carboxylic acids is 2. The highest BCUT2D eigenvalue weighted by Gasteiger charge is 2.47. The fourth-order valence-electron chi connectivity index (χ4n) is 3.17. The molecule has 5 atom stereocenters. The molecule has 1 aliphatic heterocycles. The van der Waals surface area contributed by atoms with E-state index in [1.54, 1.807) is 30.3 Å². The Hall–Kier alpha value is -3.02. The molecule has 1 aliphatic rings. The van der Waals surface area contributed by atoms with E-state index in [1.165, 1.54) is 32.4 Å². The summed E-state index contributed by atoms with van der Waals surface area (Å²) in [7, 11) is 2.61. The van der Waals surface area contributed by atoms with Gasteiger partial charge in [-0.15, -0.1) is 0 Å². The van der Waals surface area contributed by atoms with Crippen LogP contribution in [0.5, 0.6) is 11.5 Å². The number of benzene rings is 2. The molecule has 0 saturated carbocycles. The van der Waals surface area contributed by atoms with E-state index in [4.69, 9.17) is 23.7 Å². The fourth-order valence-corrected chi connectivity index (χ4v) is 3.17. The van der Waals surface area contributed by atoms with Gasteiger partial charge in [-0.2, -0.15) is 0 Å². The smallest absolute Gasteiger partial charge is 0.343 e. The molecule has 0 aromatic heterocycles. The first-order valence-corrected chi connectivity index (χ1v) is 9.71. The topological polar surface area (TPSA) is 141 Å². The predicted octanol–water partition coefficient (Wildman–Crippen LogP) is 0.525. The summed E-state index contributed by atoms with van der Waals surface area (Å²) in [6.45, 7) is -0.556. The molecule has 1 heterocycles. The summed E-state index contributed by atoms with van der Waals surface area (Å²) >= 11 is 0. The van der Waals surface area contributed by atoms with Crippen LogP contribution in [0.3, 0.4) is 0 Å². The van der Waals surface area contributed by atoms with Gasteiger partial charge in [-0.1, -0.05) is 18.2 Å². The molecule has 1 saturated heterocycles. The summed E-state index contributed by atoms with van der Waals surface area (Å²) in [6.07, 6.45) is -6.70.